The van der Waals surface area contributed by atoms with Crippen LogP contribution < -0.4 is 11.4 Å². The van der Waals surface area contributed by atoms with Gasteiger partial charge >= 0.3 is 33.3 Å². The molecule has 408 valence electrons. The molecule has 1 saturated heterocycles. The lowest BCUT2D eigenvalue weighted by Crippen LogP contribution is -2.36. The first-order valence-corrected chi connectivity index (χ1v) is 28.0. The van der Waals surface area contributed by atoms with Crippen molar-refractivity contribution in [3.63, 3.8) is 0 Å². The lowest BCUT2D eigenvalue weighted by atomic mass is 10.1. The molecule has 2 rings (SSSR count). The summed E-state index contributed by atoms with van der Waals surface area (Å²) in [6.45, 7) is 1.78. The number of allylic oxidation sites excluding steroid dienone is 16. The minimum Gasteiger partial charge on any atom is -0.462 e. The van der Waals surface area contributed by atoms with E-state index in [9.17, 15) is 48.6 Å². The number of esters is 2. The molecule has 1 fully saturated rings. The van der Waals surface area contributed by atoms with E-state index in [1.807, 2.05) is 73.8 Å². The van der Waals surface area contributed by atoms with Gasteiger partial charge in [0, 0.05) is 19.0 Å². The van der Waals surface area contributed by atoms with Crippen LogP contribution in [0.25, 0.3) is 0 Å². The van der Waals surface area contributed by atoms with Gasteiger partial charge in [-0.15, -0.1) is 0 Å². The van der Waals surface area contributed by atoms with Crippen molar-refractivity contribution in [3.8, 4) is 0 Å². The number of hydrogen-bond acceptors (Lipinski definition) is 16. The van der Waals surface area contributed by atoms with E-state index in [1.165, 1.54) is 25.3 Å². The second-order valence-corrected chi connectivity index (χ2v) is 19.8. The summed E-state index contributed by atoms with van der Waals surface area (Å²) < 4.78 is 56.6. The highest BCUT2D eigenvalue weighted by Crippen LogP contribution is 2.60. The molecule has 0 spiro atoms. The third-order valence-corrected chi connectivity index (χ3v) is 13.0. The van der Waals surface area contributed by atoms with E-state index in [0.717, 1.165) is 55.7 Å². The molecule has 8 atom stereocenters. The normalized spacial score (nSPS) is 20.3. The van der Waals surface area contributed by atoms with Gasteiger partial charge in [-0.2, -0.15) is 9.29 Å². The first-order valence-electron chi connectivity index (χ1n) is 25.0. The summed E-state index contributed by atoms with van der Waals surface area (Å²) in [7, 11) is -10.9. The SMILES string of the molecule is CC/C=C\CC(O)/C=C/C=C/C/C=C\C/C=C\C/C=C\CCC(=O)O[C@H](COC(=O)CCCC/C=C\C/C=C\C/C=C\CCCCC)COP(=O)(O)OP(=O)(O)OC[C@H]1O[C@@H](n2ccc(N)nc2=O)[C@H](O)[C@@H]1O. The van der Waals surface area contributed by atoms with Crippen molar-refractivity contribution in [2.45, 2.75) is 160 Å². The van der Waals surface area contributed by atoms with Crippen LogP contribution in [-0.4, -0.2) is 96.9 Å². The van der Waals surface area contributed by atoms with Crippen LogP contribution in [0, 0.1) is 0 Å². The lowest BCUT2D eigenvalue weighted by molar-refractivity contribution is -0.161. The monoisotopic (exact) mass is 1060 g/mol. The standard InChI is InChI=1S/C52H79N3O16P2/c1-3-5-7-8-9-10-11-12-13-16-19-22-25-28-32-36-47(57)66-40-44(69-48(58)37-33-29-26-23-20-17-14-15-18-21-24-27-31-35-43(56)34-30-6-4-2)41-67-72(62,63)71-73(64,65)68-42-45-49(59)50(60)51(70-45)55-39-38-46(53)54-52(55)61/h6,9-10,12-13,15,17-20,22,24,26-27,29-31,35,38-39,43-45,49-51,56,59-60H,3-5,7-8,11,14,16,21,23,25,28,32-34,36-37,40-42H2,1-2H3,(H,62,63)(H,64,65)(H2,53,54,61)/b10-9-,13-12-,18-15-,20-17-,22-19-,27-24+,29-26-,30-6-,35-31+/t43?,44-,45-,49-,50-,51-/m1/s1. The summed E-state index contributed by atoms with van der Waals surface area (Å²) in [5.74, 6) is -1.48. The number of aliphatic hydroxyl groups excluding tert-OH is 3. The number of carbonyl (C=O) groups is 2. The summed E-state index contributed by atoms with van der Waals surface area (Å²) >= 11 is 0. The number of phosphoric acid groups is 2. The van der Waals surface area contributed by atoms with Crippen molar-refractivity contribution >= 4 is 33.4 Å². The Bertz CT molecular complexity index is 2170. The molecule has 73 heavy (non-hydrogen) atoms. The van der Waals surface area contributed by atoms with Crippen LogP contribution in [0.15, 0.2) is 126 Å². The summed E-state index contributed by atoms with van der Waals surface area (Å²) in [5, 5.41) is 30.8. The molecule has 0 radical (unpaired) electrons. The van der Waals surface area contributed by atoms with Crippen molar-refractivity contribution in [2.75, 3.05) is 25.6 Å². The molecule has 1 aliphatic heterocycles. The Balaban J connectivity index is 1.87. The Kier molecular flexibility index (Phi) is 34.4. The number of ether oxygens (including phenoxy) is 3. The fourth-order valence-electron chi connectivity index (χ4n) is 6.55. The maximum absolute atomic E-state index is 12.8. The molecule has 21 heteroatoms. The number of aliphatic hydroxyl groups is 3. The predicted octanol–water partition coefficient (Wildman–Crippen LogP) is 9.19. The maximum Gasteiger partial charge on any atom is 0.481 e. The zero-order valence-electron chi connectivity index (χ0n) is 42.2. The average Bonchev–Trinajstić information content (AvgIpc) is 3.62. The number of aromatic nitrogens is 2. The average molecular weight is 1060 g/mol. The lowest BCUT2D eigenvalue weighted by Gasteiger charge is -2.21. The van der Waals surface area contributed by atoms with Gasteiger partial charge in [-0.1, -0.05) is 136 Å². The van der Waals surface area contributed by atoms with Gasteiger partial charge in [-0.25, -0.2) is 13.9 Å². The number of nitrogens with zero attached hydrogens (tertiary/aromatic N) is 2. The van der Waals surface area contributed by atoms with Crippen LogP contribution in [0.5, 0.6) is 0 Å². The van der Waals surface area contributed by atoms with Crippen LogP contribution in [-0.2, 0) is 46.3 Å². The van der Waals surface area contributed by atoms with Gasteiger partial charge in [0.2, 0.25) is 0 Å². The number of phosphoric ester groups is 2. The zero-order chi connectivity index (χ0) is 53.6. The Morgan fingerprint density at radius 2 is 1.33 bits per heavy atom. The molecule has 0 amide bonds. The quantitative estimate of drug-likeness (QED) is 0.0118. The van der Waals surface area contributed by atoms with E-state index in [4.69, 9.17) is 29.0 Å². The number of hydrogen-bond donors (Lipinski definition) is 6. The number of anilines is 1. The van der Waals surface area contributed by atoms with Crippen molar-refractivity contribution in [3.05, 3.63) is 132 Å². The van der Waals surface area contributed by atoms with Gasteiger partial charge in [0.05, 0.1) is 19.3 Å². The Labute approximate surface area is 430 Å². The topological polar surface area (TPSA) is 286 Å². The minimum atomic E-state index is -5.46. The molecule has 1 aromatic rings. The molecule has 1 aliphatic rings. The van der Waals surface area contributed by atoms with Crippen LogP contribution in [0.2, 0.25) is 0 Å². The van der Waals surface area contributed by atoms with Crippen LogP contribution in [0.4, 0.5) is 5.82 Å². The number of nitrogen functional groups attached to an aromatic ring is 1. The Morgan fingerprint density at radius 3 is 1.95 bits per heavy atom. The molecular formula is C52H79N3O16P2. The van der Waals surface area contributed by atoms with Crippen LogP contribution >= 0.6 is 15.6 Å². The minimum absolute atomic E-state index is 0.0478. The Morgan fingerprint density at radius 1 is 0.740 bits per heavy atom. The molecule has 0 bridgehead atoms. The fourth-order valence-corrected chi connectivity index (χ4v) is 8.66. The predicted molar refractivity (Wildman–Crippen MR) is 280 cm³/mol. The summed E-state index contributed by atoms with van der Waals surface area (Å²) in [6.07, 6.45) is 40.9. The Hall–Kier alpha value is -4.62. The first kappa shape index (κ1) is 64.5. The smallest absolute Gasteiger partial charge is 0.462 e. The van der Waals surface area contributed by atoms with Gasteiger partial charge in [0.25, 0.3) is 0 Å². The van der Waals surface area contributed by atoms with E-state index >= 15 is 0 Å². The van der Waals surface area contributed by atoms with E-state index < -0.39 is 89.8 Å². The molecule has 2 heterocycles. The fraction of sp³-hybridized carbons (Fsp3) is 0.538. The van der Waals surface area contributed by atoms with Gasteiger partial charge in [0.1, 0.15) is 30.7 Å². The third-order valence-electron chi connectivity index (χ3n) is 10.4. The highest BCUT2D eigenvalue weighted by molar-refractivity contribution is 7.61. The molecular weight excluding hydrogens is 985 g/mol. The summed E-state index contributed by atoms with van der Waals surface area (Å²) in [5.41, 5.74) is 4.57. The summed E-state index contributed by atoms with van der Waals surface area (Å²) in [4.78, 5) is 61.8. The first-order chi connectivity index (χ1) is 35.1. The molecule has 1 aromatic heterocycles. The molecule has 7 N–H and O–H groups in total. The molecule has 3 unspecified atom stereocenters. The molecule has 19 nitrogen and oxygen atoms in total. The molecule has 0 saturated carbocycles. The van der Waals surface area contributed by atoms with Gasteiger partial charge in [-0.3, -0.25) is 23.2 Å². The number of nitrogens with two attached hydrogens (primary N) is 1. The van der Waals surface area contributed by atoms with Crippen molar-refractivity contribution < 1.29 is 71.4 Å². The van der Waals surface area contributed by atoms with Crippen molar-refractivity contribution in [1.29, 1.82) is 0 Å². The second-order valence-electron chi connectivity index (χ2n) is 16.8. The molecule has 0 aromatic carbocycles. The van der Waals surface area contributed by atoms with Gasteiger partial charge < -0.3 is 45.1 Å². The maximum atomic E-state index is 12.8. The highest BCUT2D eigenvalue weighted by Gasteiger charge is 2.46. The van der Waals surface area contributed by atoms with Crippen molar-refractivity contribution in [2.24, 2.45) is 0 Å². The number of unbranched alkanes of at least 4 members (excludes halogenated alkanes) is 5. The highest BCUT2D eigenvalue weighted by atomic mass is 31.3. The zero-order valence-corrected chi connectivity index (χ0v) is 44.0. The van der Waals surface area contributed by atoms with Gasteiger partial charge in [-0.05, 0) is 89.5 Å². The van der Waals surface area contributed by atoms with Crippen molar-refractivity contribution in [1.82, 2.24) is 9.55 Å². The van der Waals surface area contributed by atoms with E-state index in [1.54, 1.807) is 12.2 Å². The number of rotatable bonds is 39. The van der Waals surface area contributed by atoms with Gasteiger partial charge in [0.15, 0.2) is 12.3 Å². The van der Waals surface area contributed by atoms with Crippen LogP contribution in [0.1, 0.15) is 129 Å². The third kappa shape index (κ3) is 31.7. The van der Waals surface area contributed by atoms with Crippen LogP contribution in [0.3, 0.4) is 0 Å². The largest absolute Gasteiger partial charge is 0.481 e. The van der Waals surface area contributed by atoms with E-state index in [0.29, 0.717) is 25.7 Å². The summed E-state index contributed by atoms with van der Waals surface area (Å²) in [6, 6.07) is 1.24. The molecule has 0 aliphatic carbocycles. The van der Waals surface area contributed by atoms with E-state index in [2.05, 4.69) is 46.6 Å². The number of carbonyl (C=O) groups excluding carboxylic acids is 2. The second kappa shape index (κ2) is 38.9. The van der Waals surface area contributed by atoms with E-state index in [-0.39, 0.29) is 25.1 Å².